The Labute approximate surface area is 165 Å². The van der Waals surface area contributed by atoms with Crippen LogP contribution in [0.1, 0.15) is 40.4 Å². The van der Waals surface area contributed by atoms with Crippen molar-refractivity contribution in [3.63, 3.8) is 0 Å². The second-order valence-electron chi connectivity index (χ2n) is 7.21. The molecule has 0 aliphatic heterocycles. The molecular weight excluding hydrogens is 346 g/mol. The van der Waals surface area contributed by atoms with Crippen molar-refractivity contribution >= 4 is 0 Å². The third kappa shape index (κ3) is 3.60. The average molecular weight is 369 g/mol. The van der Waals surface area contributed by atoms with E-state index in [1.165, 1.54) is 5.56 Å². The van der Waals surface area contributed by atoms with Gasteiger partial charge < -0.3 is 5.32 Å². The minimum atomic E-state index is 0.313. The average Bonchev–Trinajstić information content (AvgIpc) is 3.31. The Morgan fingerprint density at radius 3 is 2.86 bits per heavy atom. The van der Waals surface area contributed by atoms with Gasteiger partial charge in [-0.2, -0.15) is 10.4 Å². The Morgan fingerprint density at radius 2 is 2.07 bits per heavy atom. The van der Waals surface area contributed by atoms with Crippen LogP contribution in [-0.2, 0) is 6.54 Å². The van der Waals surface area contributed by atoms with Gasteiger partial charge in [0.15, 0.2) is 5.82 Å². The summed E-state index contributed by atoms with van der Waals surface area (Å²) in [7, 11) is 0. The molecule has 2 atom stereocenters. The number of hydrogen-bond acceptors (Lipinski definition) is 4. The fourth-order valence-electron chi connectivity index (χ4n) is 3.96. The van der Waals surface area contributed by atoms with Crippen LogP contribution in [0, 0.1) is 25.2 Å². The van der Waals surface area contributed by atoms with Crippen molar-refractivity contribution in [1.82, 2.24) is 20.1 Å². The minimum absolute atomic E-state index is 0.313. The van der Waals surface area contributed by atoms with E-state index in [2.05, 4.69) is 48.4 Å². The molecule has 0 amide bonds. The zero-order valence-electron chi connectivity index (χ0n) is 16.1. The Hall–Kier alpha value is -3.23. The summed E-state index contributed by atoms with van der Waals surface area (Å²) in [6.45, 7) is 4.94. The maximum absolute atomic E-state index is 9.04. The maximum atomic E-state index is 9.04. The summed E-state index contributed by atoms with van der Waals surface area (Å²) < 4.78 is 1.94. The van der Waals surface area contributed by atoms with Crippen LogP contribution in [0.15, 0.2) is 60.8 Å². The molecule has 0 saturated carbocycles. The largest absolute Gasteiger partial charge is 0.306 e. The lowest BCUT2D eigenvalue weighted by Gasteiger charge is -2.15. The third-order valence-electron chi connectivity index (χ3n) is 5.29. The zero-order chi connectivity index (χ0) is 19.5. The van der Waals surface area contributed by atoms with Gasteiger partial charge in [0.1, 0.15) is 0 Å². The summed E-state index contributed by atoms with van der Waals surface area (Å²) in [5, 5.41) is 17.4. The lowest BCUT2D eigenvalue weighted by molar-refractivity contribution is 0.559. The number of nitrogens with zero attached hydrogens (tertiary/aromatic N) is 4. The van der Waals surface area contributed by atoms with E-state index in [9.17, 15) is 0 Å². The summed E-state index contributed by atoms with van der Waals surface area (Å²) in [6, 6.07) is 16.1. The number of nitrogens with one attached hydrogen (secondary N) is 1. The quantitative estimate of drug-likeness (QED) is 0.692. The number of aromatic nitrogens is 3. The molecule has 28 heavy (non-hydrogen) atoms. The van der Waals surface area contributed by atoms with Crippen molar-refractivity contribution < 1.29 is 0 Å². The second kappa shape index (κ2) is 7.79. The van der Waals surface area contributed by atoms with Gasteiger partial charge in [0.2, 0.25) is 0 Å². The van der Waals surface area contributed by atoms with Crippen LogP contribution in [0.4, 0.5) is 0 Å². The normalized spacial score (nSPS) is 18.3. The molecule has 1 aromatic carbocycles. The first-order valence-electron chi connectivity index (χ1n) is 9.54. The molecule has 0 saturated heterocycles. The van der Waals surface area contributed by atoms with Crippen LogP contribution < -0.4 is 5.32 Å². The van der Waals surface area contributed by atoms with Gasteiger partial charge in [0, 0.05) is 36.0 Å². The van der Waals surface area contributed by atoms with Gasteiger partial charge in [-0.15, -0.1) is 0 Å². The zero-order valence-corrected chi connectivity index (χ0v) is 16.1. The lowest BCUT2D eigenvalue weighted by atomic mass is 9.96. The first-order valence-corrected chi connectivity index (χ1v) is 9.54. The second-order valence-corrected chi connectivity index (χ2v) is 7.21. The summed E-state index contributed by atoms with van der Waals surface area (Å²) >= 11 is 0. The molecule has 1 aliphatic carbocycles. The van der Waals surface area contributed by atoms with Crippen molar-refractivity contribution in [2.45, 2.75) is 38.8 Å². The van der Waals surface area contributed by atoms with Crippen LogP contribution in [-0.4, -0.2) is 20.8 Å². The van der Waals surface area contributed by atoms with Crippen LogP contribution in [0.5, 0.6) is 0 Å². The molecule has 2 unspecified atom stereocenters. The van der Waals surface area contributed by atoms with Crippen LogP contribution in [0.2, 0.25) is 0 Å². The highest BCUT2D eigenvalue weighted by Gasteiger charge is 2.26. The van der Waals surface area contributed by atoms with E-state index in [-0.39, 0.29) is 0 Å². The highest BCUT2D eigenvalue weighted by Crippen LogP contribution is 2.33. The van der Waals surface area contributed by atoms with Crippen LogP contribution in [0.25, 0.3) is 5.82 Å². The van der Waals surface area contributed by atoms with E-state index >= 15 is 0 Å². The number of pyridine rings is 1. The summed E-state index contributed by atoms with van der Waals surface area (Å²) in [6.07, 6.45) is 7.33. The van der Waals surface area contributed by atoms with Crippen molar-refractivity contribution in [3.05, 3.63) is 88.9 Å². The molecule has 140 valence electrons. The monoisotopic (exact) mass is 369 g/mol. The molecule has 5 nitrogen and oxygen atoms in total. The smallest absolute Gasteiger partial charge is 0.153 e. The molecule has 5 heteroatoms. The topological polar surface area (TPSA) is 66.5 Å². The SMILES string of the molecule is Cc1nn(-c2ccccn2)c(C)c1C1C=CC(NCc2cccc(C#N)c2)C1. The lowest BCUT2D eigenvalue weighted by Crippen LogP contribution is -2.25. The first-order chi connectivity index (χ1) is 13.7. The van der Waals surface area contributed by atoms with Crippen molar-refractivity contribution in [1.29, 1.82) is 5.26 Å². The van der Waals surface area contributed by atoms with Gasteiger partial charge in [0.05, 0.1) is 17.3 Å². The molecule has 0 fully saturated rings. The predicted octanol–water partition coefficient (Wildman–Crippen LogP) is 3.96. The van der Waals surface area contributed by atoms with E-state index in [4.69, 9.17) is 10.4 Å². The molecule has 1 N–H and O–H groups in total. The molecule has 3 aromatic rings. The highest BCUT2D eigenvalue weighted by atomic mass is 15.3. The number of hydrogen-bond donors (Lipinski definition) is 1. The van der Waals surface area contributed by atoms with Gasteiger partial charge in [-0.05, 0) is 50.1 Å². The van der Waals surface area contributed by atoms with Crippen molar-refractivity contribution in [3.8, 4) is 11.9 Å². The van der Waals surface area contributed by atoms with Gasteiger partial charge in [0.25, 0.3) is 0 Å². The Kier molecular flexibility index (Phi) is 5.05. The van der Waals surface area contributed by atoms with E-state index in [1.54, 1.807) is 6.20 Å². The molecule has 4 rings (SSSR count). The maximum Gasteiger partial charge on any atom is 0.153 e. The fourth-order valence-corrected chi connectivity index (χ4v) is 3.96. The molecule has 0 radical (unpaired) electrons. The van der Waals surface area contributed by atoms with E-state index < -0.39 is 0 Å². The Morgan fingerprint density at radius 1 is 1.18 bits per heavy atom. The number of allylic oxidation sites excluding steroid dienone is 1. The molecule has 2 heterocycles. The van der Waals surface area contributed by atoms with Crippen LogP contribution in [0.3, 0.4) is 0 Å². The van der Waals surface area contributed by atoms with Gasteiger partial charge >= 0.3 is 0 Å². The Bertz CT molecular complexity index is 1040. The van der Waals surface area contributed by atoms with Gasteiger partial charge in [-0.25, -0.2) is 9.67 Å². The summed E-state index contributed by atoms with van der Waals surface area (Å²) in [4.78, 5) is 4.43. The molecule has 2 aromatic heterocycles. The third-order valence-corrected chi connectivity index (χ3v) is 5.29. The van der Waals surface area contributed by atoms with Crippen LogP contribution >= 0.6 is 0 Å². The van der Waals surface area contributed by atoms with E-state index in [1.807, 2.05) is 41.1 Å². The van der Waals surface area contributed by atoms with Gasteiger partial charge in [-0.1, -0.05) is 30.4 Å². The van der Waals surface area contributed by atoms with Crippen molar-refractivity contribution in [2.75, 3.05) is 0 Å². The summed E-state index contributed by atoms with van der Waals surface area (Å²) in [5.74, 6) is 1.20. The predicted molar refractivity (Wildman–Crippen MR) is 109 cm³/mol. The number of benzene rings is 1. The van der Waals surface area contributed by atoms with Gasteiger partial charge in [-0.3, -0.25) is 0 Å². The number of rotatable bonds is 5. The molecule has 0 bridgehead atoms. The fraction of sp³-hybridized carbons (Fsp3) is 0.261. The van der Waals surface area contributed by atoms with E-state index in [0.717, 1.165) is 35.7 Å². The highest BCUT2D eigenvalue weighted by molar-refractivity contribution is 5.39. The number of aryl methyl sites for hydroxylation is 1. The summed E-state index contributed by atoms with van der Waals surface area (Å²) in [5.41, 5.74) is 5.32. The Balaban J connectivity index is 1.45. The van der Waals surface area contributed by atoms with E-state index in [0.29, 0.717) is 17.5 Å². The minimum Gasteiger partial charge on any atom is -0.306 e. The van der Waals surface area contributed by atoms with Crippen molar-refractivity contribution in [2.24, 2.45) is 0 Å². The molecule has 0 spiro atoms. The molecular formula is C23H23N5. The standard InChI is InChI=1S/C23H23N5/c1-16-23(17(2)28(27-16)22-8-3-4-11-25-22)20-9-10-21(13-20)26-15-19-7-5-6-18(12-19)14-24/h3-12,20-21,26H,13,15H2,1-2H3. The molecule has 1 aliphatic rings. The number of nitriles is 1. The first kappa shape index (κ1) is 18.1.